The zero-order chi connectivity index (χ0) is 18.8. The third-order valence-electron chi connectivity index (χ3n) is 4.54. The topological polar surface area (TPSA) is 85.1 Å². The average Bonchev–Trinajstić information content (AvgIpc) is 3.41. The molecule has 3 aromatic heterocycles. The number of carbonyl (C=O) groups is 1. The molecule has 138 valence electrons. The SMILES string of the molecule is COc1ccc(C(=O)NCCc2cccn2C)c2nc(-c3ccco3)[nH]c12. The molecule has 0 spiro atoms. The fraction of sp³-hybridized carbons (Fsp3) is 0.200. The molecule has 3 heterocycles. The summed E-state index contributed by atoms with van der Waals surface area (Å²) in [6.45, 7) is 0.541. The Morgan fingerprint density at radius 3 is 2.89 bits per heavy atom. The van der Waals surface area contributed by atoms with Gasteiger partial charge in [-0.05, 0) is 36.4 Å². The molecule has 0 saturated heterocycles. The Labute approximate surface area is 156 Å². The van der Waals surface area contributed by atoms with Gasteiger partial charge in [-0.1, -0.05) is 0 Å². The summed E-state index contributed by atoms with van der Waals surface area (Å²) in [5.74, 6) is 1.60. The van der Waals surface area contributed by atoms with Gasteiger partial charge in [0, 0.05) is 31.9 Å². The fourth-order valence-electron chi connectivity index (χ4n) is 3.11. The Morgan fingerprint density at radius 1 is 1.30 bits per heavy atom. The number of aryl methyl sites for hydroxylation is 1. The fourth-order valence-corrected chi connectivity index (χ4v) is 3.11. The molecule has 1 amide bonds. The molecule has 7 heteroatoms. The van der Waals surface area contributed by atoms with Gasteiger partial charge in [-0.25, -0.2) is 4.98 Å². The molecule has 0 atom stereocenters. The molecule has 0 bridgehead atoms. The van der Waals surface area contributed by atoms with Crippen LogP contribution in [0.25, 0.3) is 22.6 Å². The number of H-pyrrole nitrogens is 1. The number of fused-ring (bicyclic) bond motifs is 1. The Kier molecular flexibility index (Phi) is 4.42. The molecule has 0 aliphatic rings. The smallest absolute Gasteiger partial charge is 0.253 e. The van der Waals surface area contributed by atoms with Gasteiger partial charge in [0.1, 0.15) is 16.8 Å². The quantitative estimate of drug-likeness (QED) is 0.550. The molecule has 2 N–H and O–H groups in total. The molecule has 0 aliphatic heterocycles. The van der Waals surface area contributed by atoms with Crippen molar-refractivity contribution in [1.29, 1.82) is 0 Å². The number of furan rings is 1. The van der Waals surface area contributed by atoms with Crippen LogP contribution in [-0.2, 0) is 13.5 Å². The highest BCUT2D eigenvalue weighted by molar-refractivity contribution is 6.06. The van der Waals surface area contributed by atoms with Crippen LogP contribution in [0.2, 0.25) is 0 Å². The van der Waals surface area contributed by atoms with Crippen LogP contribution in [-0.4, -0.2) is 34.1 Å². The van der Waals surface area contributed by atoms with Crippen molar-refractivity contribution >= 4 is 16.9 Å². The highest BCUT2D eigenvalue weighted by Crippen LogP contribution is 2.30. The molecular weight excluding hydrogens is 344 g/mol. The maximum Gasteiger partial charge on any atom is 0.253 e. The van der Waals surface area contributed by atoms with E-state index < -0.39 is 0 Å². The summed E-state index contributed by atoms with van der Waals surface area (Å²) in [6.07, 6.45) is 4.33. The number of rotatable bonds is 6. The summed E-state index contributed by atoms with van der Waals surface area (Å²) in [4.78, 5) is 20.5. The number of aromatic amines is 1. The van der Waals surface area contributed by atoms with Gasteiger partial charge >= 0.3 is 0 Å². The molecule has 0 fully saturated rings. The summed E-state index contributed by atoms with van der Waals surface area (Å²) in [5.41, 5.74) is 2.87. The maximum atomic E-state index is 12.7. The van der Waals surface area contributed by atoms with Crippen molar-refractivity contribution in [2.24, 2.45) is 7.05 Å². The van der Waals surface area contributed by atoms with Crippen molar-refractivity contribution in [3.63, 3.8) is 0 Å². The van der Waals surface area contributed by atoms with Crippen LogP contribution < -0.4 is 10.1 Å². The molecule has 27 heavy (non-hydrogen) atoms. The second-order valence-electron chi connectivity index (χ2n) is 6.22. The first-order valence-corrected chi connectivity index (χ1v) is 8.66. The summed E-state index contributed by atoms with van der Waals surface area (Å²) in [6, 6.07) is 11.1. The Hall–Kier alpha value is -3.48. The van der Waals surface area contributed by atoms with Gasteiger partial charge in [0.05, 0.1) is 18.9 Å². The van der Waals surface area contributed by atoms with Gasteiger partial charge < -0.3 is 24.0 Å². The number of aromatic nitrogens is 3. The van der Waals surface area contributed by atoms with E-state index in [1.165, 1.54) is 0 Å². The number of amides is 1. The molecule has 7 nitrogen and oxygen atoms in total. The molecule has 0 saturated carbocycles. The monoisotopic (exact) mass is 364 g/mol. The number of carbonyl (C=O) groups excluding carboxylic acids is 1. The van der Waals surface area contributed by atoms with E-state index in [1.54, 1.807) is 31.6 Å². The Bertz CT molecular complexity index is 1080. The van der Waals surface area contributed by atoms with Gasteiger partial charge in [0.2, 0.25) is 0 Å². The zero-order valence-electron chi connectivity index (χ0n) is 15.2. The third-order valence-corrected chi connectivity index (χ3v) is 4.54. The standard InChI is InChI=1S/C20H20N4O3/c1-24-11-3-5-13(24)9-10-21-20(25)14-7-8-15(26-2)18-17(14)22-19(23-18)16-6-4-12-27-16/h3-8,11-12H,9-10H2,1-2H3,(H,21,25)(H,22,23). The summed E-state index contributed by atoms with van der Waals surface area (Å²) >= 11 is 0. The third kappa shape index (κ3) is 3.19. The van der Waals surface area contributed by atoms with Crippen LogP contribution in [0.3, 0.4) is 0 Å². The zero-order valence-corrected chi connectivity index (χ0v) is 15.2. The number of imidazole rings is 1. The number of hydrogen-bond acceptors (Lipinski definition) is 4. The number of ether oxygens (including phenoxy) is 1. The van der Waals surface area contributed by atoms with E-state index in [0.29, 0.717) is 40.5 Å². The first-order valence-electron chi connectivity index (χ1n) is 8.66. The highest BCUT2D eigenvalue weighted by Gasteiger charge is 2.18. The van der Waals surface area contributed by atoms with Crippen LogP contribution in [0.4, 0.5) is 0 Å². The lowest BCUT2D eigenvalue weighted by molar-refractivity contribution is 0.0955. The summed E-state index contributed by atoms with van der Waals surface area (Å²) < 4.78 is 12.8. The largest absolute Gasteiger partial charge is 0.494 e. The van der Waals surface area contributed by atoms with E-state index in [1.807, 2.05) is 36.0 Å². The minimum absolute atomic E-state index is 0.172. The lowest BCUT2D eigenvalue weighted by Crippen LogP contribution is -2.26. The van der Waals surface area contributed by atoms with Crippen LogP contribution in [0, 0.1) is 0 Å². The van der Waals surface area contributed by atoms with Gasteiger partial charge in [-0.2, -0.15) is 0 Å². The number of methoxy groups -OCH3 is 1. The minimum atomic E-state index is -0.172. The van der Waals surface area contributed by atoms with Crippen LogP contribution in [0.5, 0.6) is 5.75 Å². The summed E-state index contributed by atoms with van der Waals surface area (Å²) in [5, 5.41) is 2.97. The predicted molar refractivity (Wildman–Crippen MR) is 102 cm³/mol. The molecule has 1 aromatic carbocycles. The van der Waals surface area contributed by atoms with Crippen LogP contribution in [0.15, 0.2) is 53.3 Å². The molecule has 0 aliphatic carbocycles. The van der Waals surface area contributed by atoms with Crippen LogP contribution in [0.1, 0.15) is 16.1 Å². The van der Waals surface area contributed by atoms with Gasteiger partial charge in [-0.15, -0.1) is 0 Å². The first kappa shape index (κ1) is 17.0. The van der Waals surface area contributed by atoms with Crippen molar-refractivity contribution in [3.8, 4) is 17.3 Å². The second-order valence-corrected chi connectivity index (χ2v) is 6.22. The van der Waals surface area contributed by atoms with E-state index in [-0.39, 0.29) is 5.91 Å². The lowest BCUT2D eigenvalue weighted by Gasteiger charge is -2.08. The van der Waals surface area contributed by atoms with Gasteiger partial charge in [0.15, 0.2) is 11.6 Å². The number of benzene rings is 1. The van der Waals surface area contributed by atoms with Crippen molar-refractivity contribution in [3.05, 3.63) is 60.1 Å². The van der Waals surface area contributed by atoms with E-state index in [4.69, 9.17) is 9.15 Å². The van der Waals surface area contributed by atoms with Crippen molar-refractivity contribution in [2.45, 2.75) is 6.42 Å². The maximum absolute atomic E-state index is 12.7. The molecular formula is C20H20N4O3. The predicted octanol–water partition coefficient (Wildman–Crippen LogP) is 3.14. The normalized spacial score (nSPS) is 11.0. The van der Waals surface area contributed by atoms with E-state index in [2.05, 4.69) is 15.3 Å². The molecule has 0 radical (unpaired) electrons. The van der Waals surface area contributed by atoms with Crippen LogP contribution >= 0.6 is 0 Å². The summed E-state index contributed by atoms with van der Waals surface area (Å²) in [7, 11) is 3.58. The lowest BCUT2D eigenvalue weighted by atomic mass is 10.1. The second kappa shape index (κ2) is 7.03. The first-order chi connectivity index (χ1) is 13.2. The average molecular weight is 364 g/mol. The number of nitrogens with zero attached hydrogens (tertiary/aromatic N) is 2. The molecule has 4 aromatic rings. The number of nitrogens with one attached hydrogen (secondary N) is 2. The van der Waals surface area contributed by atoms with Crippen molar-refractivity contribution in [1.82, 2.24) is 19.9 Å². The minimum Gasteiger partial charge on any atom is -0.494 e. The number of hydrogen-bond donors (Lipinski definition) is 2. The highest BCUT2D eigenvalue weighted by atomic mass is 16.5. The van der Waals surface area contributed by atoms with Crippen molar-refractivity contribution < 1.29 is 13.9 Å². The van der Waals surface area contributed by atoms with E-state index in [0.717, 1.165) is 12.1 Å². The molecule has 0 unspecified atom stereocenters. The Balaban J connectivity index is 1.60. The van der Waals surface area contributed by atoms with Gasteiger partial charge in [0.25, 0.3) is 5.91 Å². The van der Waals surface area contributed by atoms with E-state index in [9.17, 15) is 4.79 Å². The van der Waals surface area contributed by atoms with E-state index >= 15 is 0 Å². The van der Waals surface area contributed by atoms with Gasteiger partial charge in [-0.3, -0.25) is 4.79 Å². The Morgan fingerprint density at radius 2 is 2.19 bits per heavy atom. The molecule has 4 rings (SSSR count). The van der Waals surface area contributed by atoms with Crippen molar-refractivity contribution in [2.75, 3.05) is 13.7 Å².